The van der Waals surface area contributed by atoms with Crippen molar-refractivity contribution in [2.24, 2.45) is 11.8 Å². The lowest BCUT2D eigenvalue weighted by Gasteiger charge is -2.45. The summed E-state index contributed by atoms with van der Waals surface area (Å²) in [5.74, 6) is -4.28. The van der Waals surface area contributed by atoms with Crippen molar-refractivity contribution in [3.8, 4) is 0 Å². The summed E-state index contributed by atoms with van der Waals surface area (Å²) < 4.78 is 0. The van der Waals surface area contributed by atoms with Gasteiger partial charge in [0.25, 0.3) is 17.7 Å². The highest BCUT2D eigenvalue weighted by molar-refractivity contribution is 6.36. The highest BCUT2D eigenvalue weighted by atomic mass is 35.5. The lowest BCUT2D eigenvalue weighted by Crippen LogP contribution is -2.52. The van der Waals surface area contributed by atoms with Gasteiger partial charge in [-0.3, -0.25) is 19.2 Å². The van der Waals surface area contributed by atoms with E-state index in [-0.39, 0.29) is 22.4 Å². The first-order valence-corrected chi connectivity index (χ1v) is 14.4. The third-order valence-electron chi connectivity index (χ3n) is 8.73. The fourth-order valence-corrected chi connectivity index (χ4v) is 7.39. The number of ketones is 1. The molecule has 42 heavy (non-hydrogen) atoms. The summed E-state index contributed by atoms with van der Waals surface area (Å²) in [5.41, 5.74) is 5.41. The molecule has 2 atom stereocenters. The smallest absolute Gasteiger partial charge is 0.274 e. The van der Waals surface area contributed by atoms with Crippen molar-refractivity contribution in [3.05, 3.63) is 140 Å². The number of halogens is 2. The van der Waals surface area contributed by atoms with Gasteiger partial charge in [0.2, 0.25) is 0 Å². The molecule has 0 unspecified atom stereocenters. The Hall–Kier alpha value is -4.26. The number of hydrazine groups is 1. The zero-order chi connectivity index (χ0) is 29.3. The van der Waals surface area contributed by atoms with Crippen LogP contribution < -0.4 is 0 Å². The average Bonchev–Trinajstić information content (AvgIpc) is 3.25. The van der Waals surface area contributed by atoms with E-state index in [4.69, 9.17) is 23.2 Å². The van der Waals surface area contributed by atoms with Crippen LogP contribution in [-0.4, -0.2) is 40.1 Å². The van der Waals surface area contributed by atoms with Gasteiger partial charge in [-0.25, -0.2) is 5.01 Å². The highest BCUT2D eigenvalue weighted by Crippen LogP contribution is 2.61. The van der Waals surface area contributed by atoms with Crippen LogP contribution in [0.15, 0.2) is 91.0 Å². The normalized spacial score (nSPS) is 21.5. The van der Waals surface area contributed by atoms with E-state index in [1.807, 2.05) is 55.5 Å². The summed E-state index contributed by atoms with van der Waals surface area (Å²) in [6.07, 6.45) is 0. The summed E-state index contributed by atoms with van der Waals surface area (Å²) in [5, 5.41) is 2.25. The van der Waals surface area contributed by atoms with Crippen LogP contribution in [0.3, 0.4) is 0 Å². The quantitative estimate of drug-likeness (QED) is 0.197. The second kappa shape index (κ2) is 9.93. The Morgan fingerprint density at radius 3 is 1.71 bits per heavy atom. The molecule has 0 saturated carbocycles. The molecule has 4 aliphatic rings. The number of benzene rings is 4. The van der Waals surface area contributed by atoms with Crippen LogP contribution in [0.4, 0.5) is 0 Å². The molecule has 3 aliphatic carbocycles. The van der Waals surface area contributed by atoms with Gasteiger partial charge in [-0.1, -0.05) is 102 Å². The number of carbonyl (C=O) groups is 4. The molecule has 0 spiro atoms. The molecule has 0 radical (unpaired) electrons. The Balaban J connectivity index is 1.34. The van der Waals surface area contributed by atoms with Crippen molar-refractivity contribution < 1.29 is 19.2 Å². The zero-order valence-corrected chi connectivity index (χ0v) is 24.0. The molecule has 1 fully saturated rings. The molecule has 4 aromatic carbocycles. The predicted molar refractivity (Wildman–Crippen MR) is 158 cm³/mol. The first-order valence-electron chi connectivity index (χ1n) is 13.7. The van der Waals surface area contributed by atoms with Crippen LogP contribution >= 0.6 is 23.2 Å². The molecule has 0 N–H and O–H groups in total. The summed E-state index contributed by atoms with van der Waals surface area (Å²) in [4.78, 5) is 56.4. The monoisotopic (exact) mass is 594 g/mol. The molecule has 1 aliphatic heterocycles. The van der Waals surface area contributed by atoms with Gasteiger partial charge in [-0.05, 0) is 47.4 Å². The van der Waals surface area contributed by atoms with Crippen LogP contribution in [0.25, 0.3) is 0 Å². The predicted octanol–water partition coefficient (Wildman–Crippen LogP) is 6.43. The minimum absolute atomic E-state index is 0.0304. The molecule has 4 aromatic rings. The molecule has 208 valence electrons. The van der Waals surface area contributed by atoms with Crippen molar-refractivity contribution in [2.45, 2.75) is 18.8 Å². The number of rotatable bonds is 5. The summed E-state index contributed by atoms with van der Waals surface area (Å²) in [7, 11) is 0. The number of nitrogens with zero attached hydrogens (tertiary/aromatic N) is 2. The van der Waals surface area contributed by atoms with Gasteiger partial charge in [0, 0.05) is 22.4 Å². The van der Waals surface area contributed by atoms with E-state index in [1.54, 1.807) is 24.3 Å². The Kier molecular flexibility index (Phi) is 6.30. The molecule has 2 bridgehead atoms. The van der Waals surface area contributed by atoms with Gasteiger partial charge in [0.05, 0.1) is 22.4 Å². The Labute approximate surface area is 252 Å². The first kappa shape index (κ1) is 26.6. The van der Waals surface area contributed by atoms with E-state index in [2.05, 4.69) is 0 Å². The maximum absolute atomic E-state index is 14.4. The third-order valence-corrected chi connectivity index (χ3v) is 9.28. The highest BCUT2D eigenvalue weighted by Gasteiger charge is 2.63. The largest absolute Gasteiger partial charge is 0.292 e. The van der Waals surface area contributed by atoms with E-state index in [0.717, 1.165) is 37.8 Å². The topological polar surface area (TPSA) is 74.8 Å². The minimum Gasteiger partial charge on any atom is -0.292 e. The fraction of sp³-hybridized carbons (Fsp3) is 0.176. The van der Waals surface area contributed by atoms with Gasteiger partial charge in [0.1, 0.15) is 6.54 Å². The molecule has 1 heterocycles. The Bertz CT molecular complexity index is 1700. The first-order chi connectivity index (χ1) is 20.3. The van der Waals surface area contributed by atoms with E-state index < -0.39 is 41.9 Å². The maximum atomic E-state index is 14.4. The van der Waals surface area contributed by atoms with Gasteiger partial charge in [-0.15, -0.1) is 0 Å². The van der Waals surface area contributed by atoms with Crippen LogP contribution in [0.5, 0.6) is 0 Å². The third kappa shape index (κ3) is 3.93. The minimum atomic E-state index is -0.736. The van der Waals surface area contributed by atoms with Gasteiger partial charge >= 0.3 is 0 Å². The van der Waals surface area contributed by atoms with Gasteiger partial charge in [-0.2, -0.15) is 5.01 Å². The summed E-state index contributed by atoms with van der Waals surface area (Å²) in [6.45, 7) is 1.38. The van der Waals surface area contributed by atoms with Crippen molar-refractivity contribution in [1.29, 1.82) is 0 Å². The molecular weight excluding hydrogens is 571 g/mol. The second-order valence-corrected chi connectivity index (χ2v) is 11.9. The van der Waals surface area contributed by atoms with Crippen LogP contribution in [-0.2, 0) is 9.59 Å². The van der Waals surface area contributed by atoms with Crippen LogP contribution in [0.1, 0.15) is 60.4 Å². The standard InChI is InChI=1S/C34H24Cl2N2O4/c1-18-10-12-19(13-11-18)27(39)17-37(32(40)25-15-14-20(35)16-26(25)36)38-33(41)30-28-21-6-2-3-7-22(21)29(31(30)34(38)42)24-9-5-4-8-23(24)28/h2-16,28-31H,17H2,1H3/t28?,29?,30-,31-/m1/s1. The molecule has 8 rings (SSSR count). The van der Waals surface area contributed by atoms with E-state index >= 15 is 0 Å². The van der Waals surface area contributed by atoms with E-state index in [0.29, 0.717) is 10.6 Å². The van der Waals surface area contributed by atoms with E-state index in [1.165, 1.54) is 18.2 Å². The lowest BCUT2D eigenvalue weighted by atomic mass is 9.55. The van der Waals surface area contributed by atoms with E-state index in [9.17, 15) is 19.2 Å². The molecular formula is C34H24Cl2N2O4. The fourth-order valence-electron chi connectivity index (χ4n) is 6.90. The van der Waals surface area contributed by atoms with Gasteiger partial charge in [0.15, 0.2) is 5.78 Å². The van der Waals surface area contributed by atoms with Crippen molar-refractivity contribution in [2.75, 3.05) is 6.54 Å². The molecule has 6 nitrogen and oxygen atoms in total. The van der Waals surface area contributed by atoms with Gasteiger partial charge < -0.3 is 0 Å². The average molecular weight is 595 g/mol. The molecule has 1 saturated heterocycles. The maximum Gasteiger partial charge on any atom is 0.274 e. The SMILES string of the molecule is Cc1ccc(C(=O)CN(C(=O)c2ccc(Cl)cc2Cl)N2C(=O)[C@@H]3C4c5ccccc5C(c5ccccc54)[C@H]3C2=O)cc1. The van der Waals surface area contributed by atoms with Crippen molar-refractivity contribution in [1.82, 2.24) is 10.0 Å². The molecule has 0 aromatic heterocycles. The summed E-state index contributed by atoms with van der Waals surface area (Å²) >= 11 is 12.5. The number of aryl methyl sites for hydroxylation is 1. The molecule has 8 heteroatoms. The number of hydrogen-bond donors (Lipinski definition) is 0. The Morgan fingerprint density at radius 2 is 1.24 bits per heavy atom. The zero-order valence-electron chi connectivity index (χ0n) is 22.5. The number of Topliss-reactive ketones (excluding diaryl/α,β-unsaturated/α-hetero) is 1. The van der Waals surface area contributed by atoms with Crippen LogP contribution in [0.2, 0.25) is 10.0 Å². The number of amides is 3. The summed E-state index contributed by atoms with van der Waals surface area (Å²) in [6, 6.07) is 27.1. The van der Waals surface area contributed by atoms with Crippen LogP contribution in [0, 0.1) is 18.8 Å². The number of carbonyl (C=O) groups excluding carboxylic acids is 4. The second-order valence-electron chi connectivity index (χ2n) is 11.0. The van der Waals surface area contributed by atoms with Crippen molar-refractivity contribution in [3.63, 3.8) is 0 Å². The Morgan fingerprint density at radius 1 is 0.738 bits per heavy atom. The molecule has 3 amide bonds. The number of hydrogen-bond acceptors (Lipinski definition) is 4. The lowest BCUT2D eigenvalue weighted by molar-refractivity contribution is -0.154. The van der Waals surface area contributed by atoms with Crippen molar-refractivity contribution >= 4 is 46.7 Å². The number of imide groups is 1.